The highest BCUT2D eigenvalue weighted by Crippen LogP contribution is 2.39. The highest BCUT2D eigenvalue weighted by Gasteiger charge is 2.37. The average molecular weight is 479 g/mol. The van der Waals surface area contributed by atoms with Gasteiger partial charge in [0.05, 0.1) is 29.9 Å². The van der Waals surface area contributed by atoms with Crippen LogP contribution in [-0.4, -0.2) is 31.6 Å². The summed E-state index contributed by atoms with van der Waals surface area (Å²) in [4.78, 5) is 2.29. The van der Waals surface area contributed by atoms with E-state index in [1.165, 1.54) is 11.6 Å². The maximum Gasteiger partial charge on any atom is 0.416 e. The van der Waals surface area contributed by atoms with Gasteiger partial charge in [0.25, 0.3) is 0 Å². The van der Waals surface area contributed by atoms with Crippen LogP contribution in [-0.2, 0) is 16.3 Å². The normalized spacial score (nSPS) is 17.0. The minimum Gasteiger partial charge on any atom is -0.373 e. The fourth-order valence-corrected chi connectivity index (χ4v) is 4.69. The average Bonchev–Trinajstić information content (AvgIpc) is 2.88. The number of hydrogen-bond acceptors (Lipinski definition) is 3. The zero-order chi connectivity index (χ0) is 25.1. The molecule has 182 valence electrons. The Kier molecular flexibility index (Phi) is 7.30. The molecule has 35 heavy (non-hydrogen) atoms. The molecule has 0 spiro atoms. The summed E-state index contributed by atoms with van der Waals surface area (Å²) in [5, 5.41) is 9.03. The summed E-state index contributed by atoms with van der Waals surface area (Å²) in [6.07, 6.45) is -3.13. The Morgan fingerprint density at radius 1 is 0.971 bits per heavy atom. The Morgan fingerprint density at radius 3 is 2.23 bits per heavy atom. The molecule has 3 nitrogen and oxygen atoms in total. The molecule has 0 N–H and O–H groups in total. The highest BCUT2D eigenvalue weighted by atomic mass is 19.4. The first-order valence-corrected chi connectivity index (χ1v) is 11.8. The third-order valence-corrected chi connectivity index (χ3v) is 7.04. The number of piperidine rings is 1. The van der Waals surface area contributed by atoms with Crippen molar-refractivity contribution in [1.82, 2.24) is 4.90 Å². The largest absolute Gasteiger partial charge is 0.416 e. The lowest BCUT2D eigenvalue weighted by Gasteiger charge is -2.41. The van der Waals surface area contributed by atoms with E-state index < -0.39 is 17.8 Å². The van der Waals surface area contributed by atoms with Crippen LogP contribution in [0, 0.1) is 11.3 Å². The van der Waals surface area contributed by atoms with Crippen molar-refractivity contribution in [3.63, 3.8) is 0 Å². The van der Waals surface area contributed by atoms with Crippen LogP contribution < -0.4 is 0 Å². The second-order valence-electron chi connectivity index (χ2n) is 9.43. The third-order valence-electron chi connectivity index (χ3n) is 7.04. The number of hydrogen-bond donors (Lipinski definition) is 0. The Bertz CT molecular complexity index is 1180. The molecule has 1 aliphatic heterocycles. The van der Waals surface area contributed by atoms with Crippen LogP contribution in [0.15, 0.2) is 72.8 Å². The first kappa shape index (κ1) is 25.0. The Hall–Kier alpha value is -3.14. The van der Waals surface area contributed by atoms with Crippen molar-refractivity contribution in [1.29, 1.82) is 5.26 Å². The summed E-state index contributed by atoms with van der Waals surface area (Å²) < 4.78 is 47.6. The number of nitrogens with zero attached hydrogens (tertiary/aromatic N) is 2. The molecule has 0 aliphatic carbocycles. The van der Waals surface area contributed by atoms with Crippen molar-refractivity contribution in [2.45, 2.75) is 37.5 Å². The van der Waals surface area contributed by atoms with Crippen molar-refractivity contribution in [2.75, 3.05) is 26.7 Å². The van der Waals surface area contributed by atoms with Gasteiger partial charge in [-0.25, -0.2) is 0 Å². The number of halogens is 3. The number of rotatable bonds is 6. The molecule has 1 fully saturated rings. The van der Waals surface area contributed by atoms with Gasteiger partial charge >= 0.3 is 6.18 Å². The summed E-state index contributed by atoms with van der Waals surface area (Å²) in [6, 6.07) is 23.0. The van der Waals surface area contributed by atoms with Crippen molar-refractivity contribution < 1.29 is 17.9 Å². The van der Waals surface area contributed by atoms with Crippen LogP contribution in [0.5, 0.6) is 0 Å². The lowest BCUT2D eigenvalue weighted by Crippen LogP contribution is -2.44. The minimum atomic E-state index is -4.48. The zero-order valence-corrected chi connectivity index (χ0v) is 20.0. The van der Waals surface area contributed by atoms with Crippen LogP contribution in [0.2, 0.25) is 0 Å². The Balaban J connectivity index is 1.62. The molecule has 0 amide bonds. The Morgan fingerprint density at radius 2 is 1.63 bits per heavy atom. The van der Waals surface area contributed by atoms with Crippen molar-refractivity contribution in [3.05, 3.63) is 95.1 Å². The van der Waals surface area contributed by atoms with Crippen molar-refractivity contribution >= 4 is 0 Å². The van der Waals surface area contributed by atoms with Crippen molar-refractivity contribution in [3.8, 4) is 17.2 Å². The topological polar surface area (TPSA) is 36.3 Å². The van der Waals surface area contributed by atoms with E-state index in [1.807, 2.05) is 31.2 Å². The quantitative estimate of drug-likeness (QED) is 0.383. The molecule has 1 atom stereocenters. The van der Waals surface area contributed by atoms with Gasteiger partial charge in [-0.2, -0.15) is 18.4 Å². The van der Waals surface area contributed by atoms with Crippen LogP contribution in [0.1, 0.15) is 48.1 Å². The Labute approximate surface area is 204 Å². The second kappa shape index (κ2) is 10.2. The minimum absolute atomic E-state index is 0.167. The number of nitriles is 1. The van der Waals surface area contributed by atoms with E-state index in [0.717, 1.165) is 32.0 Å². The van der Waals surface area contributed by atoms with E-state index in [-0.39, 0.29) is 5.41 Å². The van der Waals surface area contributed by atoms with Gasteiger partial charge in [0.2, 0.25) is 0 Å². The van der Waals surface area contributed by atoms with Gasteiger partial charge in [0.1, 0.15) is 0 Å². The van der Waals surface area contributed by atoms with Gasteiger partial charge in [-0.3, -0.25) is 0 Å². The third kappa shape index (κ3) is 5.75. The number of ether oxygens (including phenoxy) is 1. The van der Waals surface area contributed by atoms with Gasteiger partial charge in [-0.05, 0) is 92.5 Å². The summed E-state index contributed by atoms with van der Waals surface area (Å²) in [7, 11) is 2.10. The highest BCUT2D eigenvalue weighted by molar-refractivity contribution is 5.66. The van der Waals surface area contributed by atoms with Crippen LogP contribution in [0.4, 0.5) is 13.2 Å². The second-order valence-corrected chi connectivity index (χ2v) is 9.43. The standard InChI is InChI=1S/C29H29F3N2O/c1-21(35-20-28(12-14-34(2)15-13-28)26-6-4-3-5-7-26)24-16-25(18-27(17-24)29(30,31)32)23-10-8-22(19-33)9-11-23/h3-11,16-18,21H,12-15,20H2,1-2H3. The van der Waals surface area contributed by atoms with E-state index in [0.29, 0.717) is 28.9 Å². The first-order chi connectivity index (χ1) is 16.7. The molecule has 0 bridgehead atoms. The van der Waals surface area contributed by atoms with Gasteiger partial charge in [-0.1, -0.05) is 42.5 Å². The zero-order valence-electron chi connectivity index (χ0n) is 20.0. The fraction of sp³-hybridized carbons (Fsp3) is 0.345. The summed E-state index contributed by atoms with van der Waals surface area (Å²) in [6.45, 7) is 4.14. The number of likely N-dealkylation sites (tertiary alicyclic amines) is 1. The van der Waals surface area contributed by atoms with E-state index in [1.54, 1.807) is 30.3 Å². The summed E-state index contributed by atoms with van der Waals surface area (Å²) >= 11 is 0. The molecule has 4 rings (SSSR count). The van der Waals surface area contributed by atoms with Crippen molar-refractivity contribution in [2.24, 2.45) is 0 Å². The first-order valence-electron chi connectivity index (χ1n) is 11.8. The maximum atomic E-state index is 13.8. The number of benzene rings is 3. The predicted octanol–water partition coefficient (Wildman–Crippen LogP) is 6.99. The van der Waals surface area contributed by atoms with Crippen LogP contribution in [0.25, 0.3) is 11.1 Å². The summed E-state index contributed by atoms with van der Waals surface area (Å²) in [5.74, 6) is 0. The van der Waals surface area contributed by atoms with E-state index in [4.69, 9.17) is 10.00 Å². The van der Waals surface area contributed by atoms with Crippen LogP contribution in [0.3, 0.4) is 0 Å². The fourth-order valence-electron chi connectivity index (χ4n) is 4.69. The SMILES string of the molecule is CC(OCC1(c2ccccc2)CCN(C)CC1)c1cc(-c2ccc(C#N)cc2)cc(C(F)(F)F)c1. The molecular weight excluding hydrogens is 449 g/mol. The molecular formula is C29H29F3N2O. The molecule has 0 saturated carbocycles. The van der Waals surface area contributed by atoms with Gasteiger partial charge in [0.15, 0.2) is 0 Å². The van der Waals surface area contributed by atoms with E-state index >= 15 is 0 Å². The molecule has 6 heteroatoms. The molecule has 0 radical (unpaired) electrons. The lowest BCUT2D eigenvalue weighted by molar-refractivity contribution is -0.137. The van der Waals surface area contributed by atoms with E-state index in [9.17, 15) is 13.2 Å². The predicted molar refractivity (Wildman–Crippen MR) is 131 cm³/mol. The smallest absolute Gasteiger partial charge is 0.373 e. The van der Waals surface area contributed by atoms with E-state index in [2.05, 4.69) is 24.1 Å². The van der Waals surface area contributed by atoms with Gasteiger partial charge in [0, 0.05) is 5.41 Å². The molecule has 0 aromatic heterocycles. The molecule has 3 aromatic rings. The number of alkyl halides is 3. The molecule has 1 aliphatic rings. The van der Waals surface area contributed by atoms with Gasteiger partial charge < -0.3 is 9.64 Å². The van der Waals surface area contributed by atoms with Crippen LogP contribution >= 0.6 is 0 Å². The summed E-state index contributed by atoms with van der Waals surface area (Å²) in [5.41, 5.74) is 2.35. The maximum absolute atomic E-state index is 13.8. The molecule has 1 heterocycles. The lowest BCUT2D eigenvalue weighted by atomic mass is 9.73. The molecule has 1 unspecified atom stereocenters. The molecule has 1 saturated heterocycles. The van der Waals surface area contributed by atoms with Gasteiger partial charge in [-0.15, -0.1) is 0 Å². The monoisotopic (exact) mass is 478 g/mol. The molecule has 3 aromatic carbocycles.